The molecule has 2 rings (SSSR count). The van der Waals surface area contributed by atoms with Crippen molar-refractivity contribution in [2.75, 3.05) is 7.11 Å². The maximum atomic E-state index is 12.1. The second-order valence-electron chi connectivity index (χ2n) is 6.70. The highest BCUT2D eigenvalue weighted by Crippen LogP contribution is 2.31. The van der Waals surface area contributed by atoms with Gasteiger partial charge < -0.3 is 14.4 Å². The maximum Gasteiger partial charge on any atom is 0.338 e. The molecule has 1 aromatic heterocycles. The van der Waals surface area contributed by atoms with Gasteiger partial charge in [-0.2, -0.15) is 0 Å². The number of fused-ring (bicyclic) bond motifs is 1. The van der Waals surface area contributed by atoms with Crippen LogP contribution in [0.15, 0.2) is 12.1 Å². The molecule has 0 saturated heterocycles. The molecule has 0 bridgehead atoms. The molecule has 5 heteroatoms. The van der Waals surface area contributed by atoms with E-state index in [4.69, 9.17) is 9.84 Å². The van der Waals surface area contributed by atoms with E-state index in [0.29, 0.717) is 12.0 Å². The second kappa shape index (κ2) is 8.88. The number of aryl methyl sites for hydroxylation is 3. The van der Waals surface area contributed by atoms with Gasteiger partial charge in [-0.1, -0.05) is 19.8 Å². The number of methoxy groups -OCH3 is 1. The Labute approximate surface area is 155 Å². The van der Waals surface area contributed by atoms with Gasteiger partial charge in [0, 0.05) is 29.6 Å². The second-order valence-corrected chi connectivity index (χ2v) is 6.70. The average molecular weight is 359 g/mol. The number of unbranched alkanes of at least 4 members (excludes halogenated alkanes) is 2. The first-order chi connectivity index (χ1) is 12.4. The predicted octanol–water partition coefficient (Wildman–Crippen LogP) is 4.51. The molecule has 0 unspecified atom stereocenters. The summed E-state index contributed by atoms with van der Waals surface area (Å²) in [6.45, 7) is 6.94. The van der Waals surface area contributed by atoms with Crippen LogP contribution in [0.5, 0.6) is 0 Å². The summed E-state index contributed by atoms with van der Waals surface area (Å²) in [4.78, 5) is 23.2. The molecular weight excluding hydrogens is 330 g/mol. The molecule has 1 heterocycles. The number of carboxylic acids is 1. The van der Waals surface area contributed by atoms with Gasteiger partial charge in [-0.05, 0) is 56.4 Å². The quantitative estimate of drug-likeness (QED) is 0.528. The van der Waals surface area contributed by atoms with E-state index >= 15 is 0 Å². The van der Waals surface area contributed by atoms with Gasteiger partial charge in [-0.15, -0.1) is 0 Å². The number of esters is 1. The molecule has 0 radical (unpaired) electrons. The van der Waals surface area contributed by atoms with Crippen molar-refractivity contribution in [1.82, 2.24) is 4.57 Å². The summed E-state index contributed by atoms with van der Waals surface area (Å²) in [7, 11) is 1.39. The van der Waals surface area contributed by atoms with E-state index in [1.807, 2.05) is 19.1 Å². The van der Waals surface area contributed by atoms with E-state index in [1.54, 1.807) is 0 Å². The van der Waals surface area contributed by atoms with Crippen LogP contribution in [0.2, 0.25) is 0 Å². The Morgan fingerprint density at radius 2 is 1.88 bits per heavy atom. The molecule has 1 aromatic carbocycles. The van der Waals surface area contributed by atoms with Gasteiger partial charge in [-0.25, -0.2) is 4.79 Å². The molecule has 0 fully saturated rings. The van der Waals surface area contributed by atoms with Crippen LogP contribution in [0.1, 0.15) is 66.7 Å². The summed E-state index contributed by atoms with van der Waals surface area (Å²) >= 11 is 0. The molecule has 0 aliphatic rings. The van der Waals surface area contributed by atoms with Crippen molar-refractivity contribution >= 4 is 22.8 Å². The molecule has 0 spiro atoms. The summed E-state index contributed by atoms with van der Waals surface area (Å²) < 4.78 is 7.14. The number of carbonyl (C=O) groups excluding carboxylic acids is 1. The van der Waals surface area contributed by atoms with Crippen molar-refractivity contribution in [2.24, 2.45) is 0 Å². The van der Waals surface area contributed by atoms with Gasteiger partial charge in [0.25, 0.3) is 0 Å². The molecule has 1 N–H and O–H groups in total. The van der Waals surface area contributed by atoms with E-state index in [0.717, 1.165) is 54.3 Å². The van der Waals surface area contributed by atoms with Gasteiger partial charge in [0.05, 0.1) is 12.7 Å². The van der Waals surface area contributed by atoms with Crippen LogP contribution in [-0.4, -0.2) is 28.7 Å². The van der Waals surface area contributed by atoms with E-state index < -0.39 is 5.97 Å². The Balaban J connectivity index is 2.64. The Morgan fingerprint density at radius 3 is 2.46 bits per heavy atom. The van der Waals surface area contributed by atoms with Crippen LogP contribution in [0.3, 0.4) is 0 Å². The van der Waals surface area contributed by atoms with Crippen LogP contribution in [0.25, 0.3) is 10.9 Å². The highest BCUT2D eigenvalue weighted by atomic mass is 16.5. The summed E-state index contributed by atoms with van der Waals surface area (Å²) in [5, 5.41) is 10.2. The lowest BCUT2D eigenvalue weighted by Gasteiger charge is -2.10. The molecular formula is C21H29NO4. The van der Waals surface area contributed by atoms with Gasteiger partial charge >= 0.3 is 11.9 Å². The van der Waals surface area contributed by atoms with Crippen molar-refractivity contribution < 1.29 is 19.4 Å². The number of aromatic nitrogens is 1. The zero-order valence-electron chi connectivity index (χ0n) is 16.2. The van der Waals surface area contributed by atoms with Crippen molar-refractivity contribution in [3.8, 4) is 0 Å². The number of benzene rings is 1. The number of ether oxygens (including phenoxy) is 1. The predicted molar refractivity (Wildman–Crippen MR) is 103 cm³/mol. The molecule has 0 aliphatic heterocycles. The monoisotopic (exact) mass is 359 g/mol. The molecule has 0 saturated carbocycles. The van der Waals surface area contributed by atoms with Crippen LogP contribution >= 0.6 is 0 Å². The first-order valence-electron chi connectivity index (χ1n) is 9.39. The number of aliphatic carboxylic acids is 1. The normalized spacial score (nSPS) is 11.1. The Kier molecular flexibility index (Phi) is 6.83. The zero-order valence-corrected chi connectivity index (χ0v) is 16.2. The molecule has 2 aromatic rings. The molecule has 0 aliphatic carbocycles. The largest absolute Gasteiger partial charge is 0.481 e. The van der Waals surface area contributed by atoms with E-state index in [2.05, 4.69) is 18.4 Å². The maximum absolute atomic E-state index is 12.1. The molecule has 142 valence electrons. The number of nitrogens with zero attached hydrogens (tertiary/aromatic N) is 1. The van der Waals surface area contributed by atoms with Gasteiger partial charge in [-0.3, -0.25) is 4.79 Å². The van der Waals surface area contributed by atoms with Crippen molar-refractivity contribution in [1.29, 1.82) is 0 Å². The lowest BCUT2D eigenvalue weighted by molar-refractivity contribution is -0.136. The summed E-state index contributed by atoms with van der Waals surface area (Å²) in [5.74, 6) is -1.13. The highest BCUT2D eigenvalue weighted by molar-refractivity contribution is 5.98. The van der Waals surface area contributed by atoms with Crippen LogP contribution in [-0.2, 0) is 28.9 Å². The molecule has 5 nitrogen and oxygen atoms in total. The molecule has 26 heavy (non-hydrogen) atoms. The lowest BCUT2D eigenvalue weighted by Crippen LogP contribution is -2.06. The number of hydrogen-bond acceptors (Lipinski definition) is 3. The Hall–Kier alpha value is -2.30. The third-order valence-electron chi connectivity index (χ3n) is 4.96. The lowest BCUT2D eigenvalue weighted by atomic mass is 9.99. The number of carboxylic acid groups (broad SMARTS) is 1. The van der Waals surface area contributed by atoms with Crippen LogP contribution in [0, 0.1) is 6.92 Å². The van der Waals surface area contributed by atoms with Crippen molar-refractivity contribution in [2.45, 2.75) is 65.8 Å². The minimum absolute atomic E-state index is 0.113. The first-order valence-corrected chi connectivity index (χ1v) is 9.39. The van der Waals surface area contributed by atoms with Gasteiger partial charge in [0.2, 0.25) is 0 Å². The standard InChI is InChI=1S/C21H29NO4/c1-5-7-8-9-18-15(10-11-20(23)24)17-12-14(3)16(21(25)26-4)13-19(17)22(18)6-2/h12-13H,5-11H2,1-4H3,(H,23,24). The van der Waals surface area contributed by atoms with E-state index in [-0.39, 0.29) is 12.4 Å². The van der Waals surface area contributed by atoms with Gasteiger partial charge in [0.15, 0.2) is 0 Å². The van der Waals surface area contributed by atoms with Crippen LogP contribution in [0.4, 0.5) is 0 Å². The summed E-state index contributed by atoms with van der Waals surface area (Å²) in [6, 6.07) is 3.90. The number of rotatable bonds is 9. The Morgan fingerprint density at radius 1 is 1.15 bits per heavy atom. The fourth-order valence-electron chi connectivity index (χ4n) is 3.66. The van der Waals surface area contributed by atoms with Gasteiger partial charge in [0.1, 0.15) is 0 Å². The molecule has 0 atom stereocenters. The molecule has 0 amide bonds. The third kappa shape index (κ3) is 4.09. The number of carbonyl (C=O) groups is 2. The fourth-order valence-corrected chi connectivity index (χ4v) is 3.66. The SMILES string of the molecule is CCCCCc1c(CCC(=O)O)c2cc(C)c(C(=O)OC)cc2n1CC. The third-order valence-corrected chi connectivity index (χ3v) is 4.96. The fraction of sp³-hybridized carbons (Fsp3) is 0.524. The smallest absolute Gasteiger partial charge is 0.338 e. The van der Waals surface area contributed by atoms with Crippen LogP contribution < -0.4 is 0 Å². The van der Waals surface area contributed by atoms with Crippen molar-refractivity contribution in [3.63, 3.8) is 0 Å². The minimum atomic E-state index is -0.787. The Bertz CT molecular complexity index is 804. The zero-order chi connectivity index (χ0) is 19.3. The van der Waals surface area contributed by atoms with Crippen molar-refractivity contribution in [3.05, 3.63) is 34.5 Å². The summed E-state index contributed by atoms with van der Waals surface area (Å²) in [5.41, 5.74) is 4.73. The summed E-state index contributed by atoms with van der Waals surface area (Å²) in [6.07, 6.45) is 4.92. The first kappa shape index (κ1) is 20.0. The topological polar surface area (TPSA) is 68.5 Å². The van der Waals surface area contributed by atoms with E-state index in [1.165, 1.54) is 12.8 Å². The highest BCUT2D eigenvalue weighted by Gasteiger charge is 2.20. The minimum Gasteiger partial charge on any atom is -0.481 e. The van der Waals surface area contributed by atoms with E-state index in [9.17, 15) is 9.59 Å². The number of hydrogen-bond donors (Lipinski definition) is 1. The average Bonchev–Trinajstić information content (AvgIpc) is 2.90.